The van der Waals surface area contributed by atoms with E-state index in [1.807, 2.05) is 0 Å². The Kier molecular flexibility index (Phi) is 5.76. The van der Waals surface area contributed by atoms with E-state index < -0.39 is 13.0 Å². The van der Waals surface area contributed by atoms with Gasteiger partial charge in [-0.1, -0.05) is 6.92 Å². The molecule has 0 atom stereocenters. The maximum Gasteiger partial charge on any atom is 0.316 e. The normalized spacial score (nSPS) is 10.9. The average molecular weight is 245 g/mol. The van der Waals surface area contributed by atoms with E-state index in [-0.39, 0.29) is 6.01 Å². The Hall–Kier alpha value is -1.30. The molecular formula is C11H17F2N3O. The van der Waals surface area contributed by atoms with E-state index in [9.17, 15) is 8.78 Å². The molecule has 0 aliphatic carbocycles. The van der Waals surface area contributed by atoms with Crippen LogP contribution in [0.5, 0.6) is 6.01 Å². The predicted molar refractivity (Wildman–Crippen MR) is 60.3 cm³/mol. The minimum absolute atomic E-state index is 0.00189. The summed E-state index contributed by atoms with van der Waals surface area (Å²) >= 11 is 0. The summed E-state index contributed by atoms with van der Waals surface area (Å²) in [4.78, 5) is 7.90. The van der Waals surface area contributed by atoms with Crippen LogP contribution in [0, 0.1) is 6.92 Å². The van der Waals surface area contributed by atoms with E-state index >= 15 is 0 Å². The lowest BCUT2D eigenvalue weighted by atomic mass is 10.2. The standard InChI is InChI=1S/C11H17F2N3O/c1-3-4-14-5-9-6-15-11(16-8(9)2)17-7-10(12)13/h6,10,14H,3-5,7H2,1-2H3. The molecule has 1 N–H and O–H groups in total. The van der Waals surface area contributed by atoms with Crippen molar-refractivity contribution in [2.24, 2.45) is 0 Å². The second-order valence-electron chi connectivity index (χ2n) is 3.64. The van der Waals surface area contributed by atoms with Crippen molar-refractivity contribution >= 4 is 0 Å². The molecule has 1 heterocycles. The van der Waals surface area contributed by atoms with Gasteiger partial charge in [0.25, 0.3) is 6.43 Å². The van der Waals surface area contributed by atoms with Gasteiger partial charge in [-0.3, -0.25) is 0 Å². The first-order valence-electron chi connectivity index (χ1n) is 5.57. The zero-order valence-electron chi connectivity index (χ0n) is 10.0. The quantitative estimate of drug-likeness (QED) is 0.746. The fourth-order valence-corrected chi connectivity index (χ4v) is 1.25. The molecule has 0 saturated carbocycles. The Bertz CT molecular complexity index is 347. The third-order valence-corrected chi connectivity index (χ3v) is 2.14. The smallest absolute Gasteiger partial charge is 0.316 e. The maximum atomic E-state index is 11.9. The van der Waals surface area contributed by atoms with Crippen LogP contribution < -0.4 is 10.1 Å². The first kappa shape index (κ1) is 13.8. The van der Waals surface area contributed by atoms with Gasteiger partial charge in [-0.25, -0.2) is 18.7 Å². The fraction of sp³-hybridized carbons (Fsp3) is 0.636. The first-order valence-corrected chi connectivity index (χ1v) is 5.57. The second kappa shape index (κ2) is 7.11. The molecule has 0 unspecified atom stereocenters. The SMILES string of the molecule is CCCNCc1cnc(OCC(F)F)nc1C. The number of hydrogen-bond acceptors (Lipinski definition) is 4. The van der Waals surface area contributed by atoms with Crippen LogP contribution in [-0.2, 0) is 6.54 Å². The Balaban J connectivity index is 2.53. The van der Waals surface area contributed by atoms with E-state index in [1.54, 1.807) is 13.1 Å². The summed E-state index contributed by atoms with van der Waals surface area (Å²) in [6.07, 6.45) is 0.145. The molecule has 0 amide bonds. The fourth-order valence-electron chi connectivity index (χ4n) is 1.25. The Morgan fingerprint density at radius 3 is 2.82 bits per heavy atom. The molecule has 6 heteroatoms. The summed E-state index contributed by atoms with van der Waals surface area (Å²) in [6.45, 7) is 4.81. The number of rotatable bonds is 7. The van der Waals surface area contributed by atoms with Crippen molar-refractivity contribution in [3.8, 4) is 6.01 Å². The number of alkyl halides is 2. The number of nitrogens with one attached hydrogen (secondary N) is 1. The zero-order valence-corrected chi connectivity index (χ0v) is 10.0. The van der Waals surface area contributed by atoms with Crippen LogP contribution in [0.1, 0.15) is 24.6 Å². The van der Waals surface area contributed by atoms with Crippen LogP contribution in [0.4, 0.5) is 8.78 Å². The molecule has 1 aromatic heterocycles. The molecule has 96 valence electrons. The van der Waals surface area contributed by atoms with Crippen LogP contribution in [0.25, 0.3) is 0 Å². The molecule has 0 bridgehead atoms. The first-order chi connectivity index (χ1) is 8.13. The van der Waals surface area contributed by atoms with Crippen LogP contribution in [0.15, 0.2) is 6.20 Å². The van der Waals surface area contributed by atoms with Crippen molar-refractivity contribution in [3.05, 3.63) is 17.5 Å². The van der Waals surface area contributed by atoms with Crippen LogP contribution in [0.2, 0.25) is 0 Å². The number of nitrogens with zero attached hydrogens (tertiary/aromatic N) is 2. The third kappa shape index (κ3) is 5.04. The zero-order chi connectivity index (χ0) is 12.7. The van der Waals surface area contributed by atoms with Gasteiger partial charge in [-0.05, 0) is 19.9 Å². The molecule has 4 nitrogen and oxygen atoms in total. The van der Waals surface area contributed by atoms with Gasteiger partial charge in [0.2, 0.25) is 0 Å². The summed E-state index contributed by atoms with van der Waals surface area (Å²) in [5.74, 6) is 0. The molecule has 0 fully saturated rings. The minimum Gasteiger partial charge on any atom is -0.457 e. The van der Waals surface area contributed by atoms with Crippen LogP contribution in [0.3, 0.4) is 0 Å². The number of ether oxygens (including phenoxy) is 1. The highest BCUT2D eigenvalue weighted by Crippen LogP contribution is 2.09. The van der Waals surface area contributed by atoms with Gasteiger partial charge in [0, 0.05) is 24.0 Å². The van der Waals surface area contributed by atoms with Crippen LogP contribution in [-0.4, -0.2) is 29.5 Å². The lowest BCUT2D eigenvalue weighted by Crippen LogP contribution is -2.16. The maximum absolute atomic E-state index is 11.9. The number of halogens is 2. The molecule has 0 radical (unpaired) electrons. The van der Waals surface area contributed by atoms with E-state index in [4.69, 9.17) is 4.74 Å². The number of aryl methyl sites for hydroxylation is 1. The molecule has 1 rings (SSSR count). The second-order valence-corrected chi connectivity index (χ2v) is 3.64. The largest absolute Gasteiger partial charge is 0.457 e. The van der Waals surface area contributed by atoms with Crippen LogP contribution >= 0.6 is 0 Å². The Morgan fingerprint density at radius 1 is 1.47 bits per heavy atom. The van der Waals surface area contributed by atoms with Gasteiger partial charge in [0.1, 0.15) is 0 Å². The predicted octanol–water partition coefficient (Wildman–Crippen LogP) is 1.93. The van der Waals surface area contributed by atoms with Crippen molar-refractivity contribution in [2.45, 2.75) is 33.2 Å². The van der Waals surface area contributed by atoms with Gasteiger partial charge >= 0.3 is 6.01 Å². The summed E-state index contributed by atoms with van der Waals surface area (Å²) in [5, 5.41) is 3.22. The van der Waals surface area contributed by atoms with Gasteiger partial charge < -0.3 is 10.1 Å². The molecule has 0 aliphatic rings. The number of hydrogen-bond donors (Lipinski definition) is 1. The molecular weight excluding hydrogens is 228 g/mol. The Labute approximate surface area is 99.4 Å². The van der Waals surface area contributed by atoms with Gasteiger partial charge in [-0.15, -0.1) is 0 Å². The highest BCUT2D eigenvalue weighted by atomic mass is 19.3. The van der Waals surface area contributed by atoms with Crippen molar-refractivity contribution < 1.29 is 13.5 Å². The lowest BCUT2D eigenvalue weighted by molar-refractivity contribution is 0.0769. The molecule has 17 heavy (non-hydrogen) atoms. The van der Waals surface area contributed by atoms with Crippen molar-refractivity contribution in [2.75, 3.05) is 13.2 Å². The summed E-state index contributed by atoms with van der Waals surface area (Å²) in [5.41, 5.74) is 1.69. The third-order valence-electron chi connectivity index (χ3n) is 2.14. The Morgan fingerprint density at radius 2 is 2.24 bits per heavy atom. The van der Waals surface area contributed by atoms with E-state index in [1.165, 1.54) is 0 Å². The summed E-state index contributed by atoms with van der Waals surface area (Å²) < 4.78 is 28.6. The molecule has 1 aromatic rings. The highest BCUT2D eigenvalue weighted by Gasteiger charge is 2.07. The van der Waals surface area contributed by atoms with E-state index in [0.29, 0.717) is 6.54 Å². The lowest BCUT2D eigenvalue weighted by Gasteiger charge is -2.08. The summed E-state index contributed by atoms with van der Waals surface area (Å²) in [7, 11) is 0. The van der Waals surface area contributed by atoms with E-state index in [0.717, 1.165) is 24.2 Å². The minimum atomic E-state index is -2.51. The summed E-state index contributed by atoms with van der Waals surface area (Å²) in [6, 6.07) is 0.00189. The molecule has 0 spiro atoms. The number of aromatic nitrogens is 2. The topological polar surface area (TPSA) is 47.0 Å². The van der Waals surface area contributed by atoms with Crippen molar-refractivity contribution in [1.82, 2.24) is 15.3 Å². The van der Waals surface area contributed by atoms with Crippen molar-refractivity contribution in [3.63, 3.8) is 0 Å². The molecule has 0 aromatic carbocycles. The average Bonchev–Trinajstić information content (AvgIpc) is 2.29. The monoisotopic (exact) mass is 245 g/mol. The molecule has 0 aliphatic heterocycles. The van der Waals surface area contributed by atoms with E-state index in [2.05, 4.69) is 22.2 Å². The highest BCUT2D eigenvalue weighted by molar-refractivity contribution is 5.17. The van der Waals surface area contributed by atoms with Gasteiger partial charge in [0.05, 0.1) is 0 Å². The van der Waals surface area contributed by atoms with Gasteiger partial charge in [-0.2, -0.15) is 0 Å². The molecule has 0 saturated heterocycles. The van der Waals surface area contributed by atoms with Gasteiger partial charge in [0.15, 0.2) is 6.61 Å². The van der Waals surface area contributed by atoms with Crippen molar-refractivity contribution in [1.29, 1.82) is 0 Å².